The summed E-state index contributed by atoms with van der Waals surface area (Å²) in [5, 5.41) is 10.2. The third kappa shape index (κ3) is 3.50. The number of ketones is 1. The van der Waals surface area contributed by atoms with Crippen molar-refractivity contribution >= 4 is 5.78 Å². The molecule has 2 fully saturated rings. The molecule has 0 aromatic rings. The first-order valence-corrected chi connectivity index (χ1v) is 8.12. The molecule has 109 valence electrons. The van der Waals surface area contributed by atoms with E-state index in [0.29, 0.717) is 17.6 Å². The third-order valence-electron chi connectivity index (χ3n) is 4.96. The summed E-state index contributed by atoms with van der Waals surface area (Å²) in [5.74, 6) is 2.02. The topological polar surface area (TPSA) is 54.4 Å². The van der Waals surface area contributed by atoms with E-state index in [1.54, 1.807) is 6.08 Å². The summed E-state index contributed by atoms with van der Waals surface area (Å²) < 4.78 is 8.19. The van der Waals surface area contributed by atoms with E-state index in [9.17, 15) is 9.90 Å². The molecule has 20 heavy (non-hydrogen) atoms. The maximum absolute atomic E-state index is 12.1. The third-order valence-corrected chi connectivity index (χ3v) is 4.96. The molecule has 0 amide bonds. The van der Waals surface area contributed by atoms with Crippen molar-refractivity contribution in [1.82, 2.24) is 0 Å². The van der Waals surface area contributed by atoms with Crippen LogP contribution >= 0.6 is 0 Å². The van der Waals surface area contributed by atoms with Crippen LogP contribution in [-0.2, 0) is 25.8 Å². The molecule has 3 aliphatic carbocycles. The van der Waals surface area contributed by atoms with Crippen molar-refractivity contribution in [2.45, 2.75) is 44.9 Å². The molecule has 0 radical (unpaired) electrons. The van der Waals surface area contributed by atoms with Crippen molar-refractivity contribution in [2.75, 3.05) is 0 Å². The van der Waals surface area contributed by atoms with Gasteiger partial charge in [0.15, 0.2) is 5.78 Å². The van der Waals surface area contributed by atoms with Crippen LogP contribution in [0.1, 0.15) is 44.9 Å². The summed E-state index contributed by atoms with van der Waals surface area (Å²) >= 11 is 1.06. The van der Waals surface area contributed by atoms with Gasteiger partial charge in [0.25, 0.3) is 0 Å². The number of aliphatic hydroxyl groups excluding tert-OH is 1. The van der Waals surface area contributed by atoms with Gasteiger partial charge in [0, 0.05) is 17.9 Å². The van der Waals surface area contributed by atoms with Crippen LogP contribution in [0.25, 0.3) is 0 Å². The van der Waals surface area contributed by atoms with Crippen molar-refractivity contribution in [1.29, 1.82) is 0 Å². The SMILES string of the molecule is O=C(/C=C(\O)C1CC2C=CC1C2)C1CCCCC1.[O]=[V]. The minimum absolute atomic E-state index is 0.166. The number of carbonyl (C=O) groups excluding carboxylic acids is 1. The van der Waals surface area contributed by atoms with Crippen LogP contribution in [0.4, 0.5) is 0 Å². The van der Waals surface area contributed by atoms with Gasteiger partial charge in [-0.25, -0.2) is 0 Å². The van der Waals surface area contributed by atoms with Crippen LogP contribution in [0, 0.1) is 23.7 Å². The van der Waals surface area contributed by atoms with Gasteiger partial charge in [-0.3, -0.25) is 4.79 Å². The Kier molecular flexibility index (Phi) is 5.79. The molecule has 0 spiro atoms. The Balaban J connectivity index is 0.000000704. The van der Waals surface area contributed by atoms with Gasteiger partial charge in [0.1, 0.15) is 0 Å². The fourth-order valence-corrected chi connectivity index (χ4v) is 3.88. The molecule has 0 aromatic carbocycles. The molecule has 0 saturated heterocycles. The summed E-state index contributed by atoms with van der Waals surface area (Å²) in [6.45, 7) is 0. The first kappa shape index (κ1) is 15.7. The second-order valence-corrected chi connectivity index (χ2v) is 6.19. The fourth-order valence-electron chi connectivity index (χ4n) is 3.88. The summed E-state index contributed by atoms with van der Waals surface area (Å²) in [6, 6.07) is 0. The van der Waals surface area contributed by atoms with E-state index in [1.807, 2.05) is 0 Å². The number of rotatable bonds is 3. The van der Waals surface area contributed by atoms with E-state index >= 15 is 0 Å². The van der Waals surface area contributed by atoms with Gasteiger partial charge in [-0.1, -0.05) is 31.4 Å². The number of fused-ring (bicyclic) bond motifs is 2. The first-order chi connectivity index (χ1) is 9.74. The van der Waals surface area contributed by atoms with Crippen molar-refractivity contribution in [3.63, 3.8) is 0 Å². The fraction of sp³-hybridized carbons (Fsp3) is 0.688. The molecule has 0 aliphatic heterocycles. The van der Waals surface area contributed by atoms with Crippen molar-refractivity contribution in [3.05, 3.63) is 24.0 Å². The monoisotopic (exact) mass is 313 g/mol. The second kappa shape index (κ2) is 7.37. The number of hydrogen-bond acceptors (Lipinski definition) is 3. The summed E-state index contributed by atoms with van der Waals surface area (Å²) in [7, 11) is 0. The van der Waals surface area contributed by atoms with Gasteiger partial charge < -0.3 is 5.11 Å². The molecule has 0 aromatic heterocycles. The summed E-state index contributed by atoms with van der Waals surface area (Å²) in [4.78, 5) is 12.1. The molecule has 0 heterocycles. The van der Waals surface area contributed by atoms with Gasteiger partial charge in [-0.15, -0.1) is 0 Å². The summed E-state index contributed by atoms with van der Waals surface area (Å²) in [5.41, 5.74) is 0. The number of aliphatic hydroxyl groups is 1. The predicted octanol–water partition coefficient (Wildman–Crippen LogP) is 3.67. The van der Waals surface area contributed by atoms with Gasteiger partial charge >= 0.3 is 21.0 Å². The zero-order valence-corrected chi connectivity index (χ0v) is 13.1. The average Bonchev–Trinajstić information content (AvgIpc) is 3.13. The Bertz CT molecular complexity index is 410. The van der Waals surface area contributed by atoms with Crippen LogP contribution in [0.2, 0.25) is 0 Å². The van der Waals surface area contributed by atoms with Gasteiger partial charge in [-0.05, 0) is 37.5 Å². The Hall–Kier alpha value is -0.666. The van der Waals surface area contributed by atoms with Crippen molar-refractivity contribution < 1.29 is 30.9 Å². The van der Waals surface area contributed by atoms with Crippen LogP contribution in [0.3, 0.4) is 0 Å². The Morgan fingerprint density at radius 2 is 1.80 bits per heavy atom. The maximum atomic E-state index is 12.1. The normalized spacial score (nSPS) is 32.8. The first-order valence-electron chi connectivity index (χ1n) is 7.55. The van der Waals surface area contributed by atoms with Crippen LogP contribution in [0.5, 0.6) is 0 Å². The van der Waals surface area contributed by atoms with E-state index in [2.05, 4.69) is 12.2 Å². The molecule has 3 unspecified atom stereocenters. The van der Waals surface area contributed by atoms with Crippen molar-refractivity contribution in [2.24, 2.45) is 23.7 Å². The molecular formula is C16H22O3V. The van der Waals surface area contributed by atoms with Crippen molar-refractivity contribution in [3.8, 4) is 0 Å². The van der Waals surface area contributed by atoms with E-state index in [-0.39, 0.29) is 17.6 Å². The standard InChI is InChI=1S/C16H22O2.O.V/c17-15(12-4-2-1-3-5-12)10-16(18)14-9-11-6-7-13(14)8-11;;/h6-7,10-14,18H,1-5,8-9H2;;/b16-10-;;. The molecule has 1 N–H and O–H groups in total. The molecule has 3 nitrogen and oxygen atoms in total. The zero-order chi connectivity index (χ0) is 14.5. The van der Waals surface area contributed by atoms with Gasteiger partial charge in [0.05, 0.1) is 5.76 Å². The molecule has 4 heteroatoms. The zero-order valence-electron chi connectivity index (χ0n) is 11.7. The average molecular weight is 313 g/mol. The van der Waals surface area contributed by atoms with Crippen LogP contribution in [-0.4, -0.2) is 10.9 Å². The Morgan fingerprint density at radius 1 is 1.10 bits per heavy atom. The van der Waals surface area contributed by atoms with Gasteiger partial charge in [0.2, 0.25) is 0 Å². The van der Waals surface area contributed by atoms with E-state index in [0.717, 1.165) is 36.6 Å². The minimum atomic E-state index is 0.166. The quantitative estimate of drug-likeness (QED) is 0.491. The van der Waals surface area contributed by atoms with E-state index < -0.39 is 0 Å². The number of allylic oxidation sites excluding steroid dienone is 4. The predicted molar refractivity (Wildman–Crippen MR) is 71.8 cm³/mol. The van der Waals surface area contributed by atoms with Crippen LogP contribution in [0.15, 0.2) is 24.0 Å². The van der Waals surface area contributed by atoms with Gasteiger partial charge in [-0.2, -0.15) is 0 Å². The Labute approximate surface area is 129 Å². The molecular weight excluding hydrogens is 291 g/mol. The molecule has 3 atom stereocenters. The number of hydrogen-bond donors (Lipinski definition) is 1. The number of carbonyl (C=O) groups is 1. The summed E-state index contributed by atoms with van der Waals surface area (Å²) in [6.07, 6.45) is 13.8. The second-order valence-electron chi connectivity index (χ2n) is 6.19. The molecule has 3 rings (SSSR count). The Morgan fingerprint density at radius 3 is 2.35 bits per heavy atom. The van der Waals surface area contributed by atoms with Crippen LogP contribution < -0.4 is 0 Å². The molecule has 2 saturated carbocycles. The molecule has 3 aliphatic rings. The molecule has 2 bridgehead atoms. The van der Waals surface area contributed by atoms with E-state index in [4.69, 9.17) is 3.67 Å². The van der Waals surface area contributed by atoms with E-state index in [1.165, 1.54) is 25.7 Å².